The highest BCUT2D eigenvalue weighted by molar-refractivity contribution is 6.11. The van der Waals surface area contributed by atoms with Crippen LogP contribution in [-0.2, 0) is 5.41 Å². The third kappa shape index (κ3) is 4.09. The molecule has 2 aliphatic rings. The molecule has 0 N–H and O–H groups in total. The smallest absolute Gasteiger partial charge is 0.132 e. The summed E-state index contributed by atoms with van der Waals surface area (Å²) < 4.78 is 11.8. The van der Waals surface area contributed by atoms with Crippen LogP contribution < -0.4 is 4.74 Å². The number of nitrogens with zero attached hydrogens (tertiary/aromatic N) is 4. The van der Waals surface area contributed by atoms with E-state index in [1.807, 2.05) is 24.5 Å². The van der Waals surface area contributed by atoms with Crippen LogP contribution in [0.5, 0.6) is 11.5 Å². The number of ether oxygens (including phenoxy) is 1. The predicted octanol–water partition coefficient (Wildman–Crippen LogP) is 12.8. The van der Waals surface area contributed by atoms with Gasteiger partial charge in [-0.3, -0.25) is 9.97 Å². The van der Waals surface area contributed by atoms with E-state index in [9.17, 15) is 0 Å². The summed E-state index contributed by atoms with van der Waals surface area (Å²) in [5.74, 6) is 1.65. The molecule has 270 valence electrons. The van der Waals surface area contributed by atoms with Crippen LogP contribution in [0.1, 0.15) is 22.3 Å². The Morgan fingerprint density at radius 3 is 1.59 bits per heavy atom. The van der Waals surface area contributed by atoms with Crippen LogP contribution in [0.15, 0.2) is 194 Å². The molecule has 11 aromatic rings. The maximum Gasteiger partial charge on any atom is 0.132 e. The zero-order valence-corrected chi connectivity index (χ0v) is 31.2. The minimum Gasteiger partial charge on any atom is -0.457 e. The maximum absolute atomic E-state index is 7.07. The van der Waals surface area contributed by atoms with E-state index in [2.05, 4.69) is 179 Å². The summed E-state index contributed by atoms with van der Waals surface area (Å²) in [6.45, 7) is 0. The van der Waals surface area contributed by atoms with Crippen LogP contribution in [0.4, 0.5) is 0 Å². The van der Waals surface area contributed by atoms with Crippen molar-refractivity contribution in [3.8, 4) is 45.4 Å². The molecule has 5 nitrogen and oxygen atoms in total. The van der Waals surface area contributed by atoms with Gasteiger partial charge in [0.15, 0.2) is 0 Å². The molecular weight excluding hydrogens is 709 g/mol. The molecular formula is C53H32N4O. The first kappa shape index (κ1) is 31.4. The second-order valence-corrected chi connectivity index (χ2v) is 15.3. The number of benzene rings is 7. The first-order valence-electron chi connectivity index (χ1n) is 19.7. The standard InChI is InChI=1S/C53H32N4O/c1-2-12-35(13-3-1)56-47-21-9-6-16-39(47)40-30-33(23-26-48(40)56)34-22-25-41-50(31-34)58-49-27-24-36(57-45-19-7-4-14-37(45)38-15-5-8-20-46(38)57)32-44(49)53(41)42-17-10-28-54-51(42)52-43(53)18-11-29-55-52/h1-32H. The zero-order valence-electron chi connectivity index (χ0n) is 31.2. The van der Waals surface area contributed by atoms with Crippen LogP contribution >= 0.6 is 0 Å². The average Bonchev–Trinajstić information content (AvgIpc) is 3.91. The van der Waals surface area contributed by atoms with Crippen molar-refractivity contribution in [2.45, 2.75) is 5.41 Å². The molecule has 0 amide bonds. The van der Waals surface area contributed by atoms with Gasteiger partial charge in [-0.2, -0.15) is 0 Å². The number of aromatic nitrogens is 4. The molecule has 0 saturated carbocycles. The lowest BCUT2D eigenvalue weighted by molar-refractivity contribution is 0.436. The molecule has 0 unspecified atom stereocenters. The molecule has 0 bridgehead atoms. The van der Waals surface area contributed by atoms with Gasteiger partial charge in [-0.05, 0) is 101 Å². The Bertz CT molecular complexity index is 3400. The Morgan fingerprint density at radius 2 is 0.914 bits per heavy atom. The van der Waals surface area contributed by atoms with Crippen molar-refractivity contribution in [1.82, 2.24) is 19.1 Å². The number of rotatable bonds is 3. The summed E-state index contributed by atoms with van der Waals surface area (Å²) in [6.07, 6.45) is 3.75. The van der Waals surface area contributed by atoms with Gasteiger partial charge in [0.2, 0.25) is 0 Å². The van der Waals surface area contributed by atoms with Crippen molar-refractivity contribution in [3.63, 3.8) is 0 Å². The highest BCUT2D eigenvalue weighted by Gasteiger charge is 2.52. The van der Waals surface area contributed by atoms with Gasteiger partial charge in [0, 0.05) is 56.4 Å². The molecule has 1 aliphatic heterocycles. The van der Waals surface area contributed by atoms with E-state index in [0.717, 1.165) is 67.6 Å². The van der Waals surface area contributed by atoms with Gasteiger partial charge < -0.3 is 13.9 Å². The van der Waals surface area contributed by atoms with E-state index >= 15 is 0 Å². The van der Waals surface area contributed by atoms with E-state index in [0.29, 0.717) is 0 Å². The lowest BCUT2D eigenvalue weighted by atomic mass is 9.66. The van der Waals surface area contributed by atoms with Crippen molar-refractivity contribution in [1.29, 1.82) is 0 Å². The highest BCUT2D eigenvalue weighted by atomic mass is 16.5. The van der Waals surface area contributed by atoms with Gasteiger partial charge in [-0.15, -0.1) is 0 Å². The second-order valence-electron chi connectivity index (χ2n) is 15.3. The summed E-state index contributed by atoms with van der Waals surface area (Å²) >= 11 is 0. The fourth-order valence-corrected chi connectivity index (χ4v) is 10.1. The number of hydrogen-bond donors (Lipinski definition) is 0. The second kappa shape index (κ2) is 11.6. The van der Waals surface area contributed by atoms with Gasteiger partial charge in [0.25, 0.3) is 0 Å². The molecule has 58 heavy (non-hydrogen) atoms. The Hall–Kier alpha value is -7.76. The van der Waals surface area contributed by atoms with E-state index < -0.39 is 5.41 Å². The van der Waals surface area contributed by atoms with Gasteiger partial charge in [-0.25, -0.2) is 0 Å². The topological polar surface area (TPSA) is 44.9 Å². The third-order valence-electron chi connectivity index (χ3n) is 12.5. The first-order chi connectivity index (χ1) is 28.8. The van der Waals surface area contributed by atoms with Crippen molar-refractivity contribution in [3.05, 3.63) is 217 Å². The molecule has 0 radical (unpaired) electrons. The zero-order chi connectivity index (χ0) is 38.0. The quantitative estimate of drug-likeness (QED) is 0.181. The summed E-state index contributed by atoms with van der Waals surface area (Å²) in [6, 6.07) is 65.4. The molecule has 5 heterocycles. The summed E-state index contributed by atoms with van der Waals surface area (Å²) in [4.78, 5) is 9.96. The molecule has 0 atom stereocenters. The number of para-hydroxylation sites is 4. The number of fused-ring (bicyclic) bond motifs is 15. The van der Waals surface area contributed by atoms with E-state index in [4.69, 9.17) is 14.7 Å². The van der Waals surface area contributed by atoms with Gasteiger partial charge in [0.05, 0.1) is 38.9 Å². The van der Waals surface area contributed by atoms with Gasteiger partial charge in [0.1, 0.15) is 11.5 Å². The molecule has 13 rings (SSSR count). The van der Waals surface area contributed by atoms with Crippen molar-refractivity contribution < 1.29 is 4.74 Å². The summed E-state index contributed by atoms with van der Waals surface area (Å²) in [5, 5.41) is 4.90. The third-order valence-corrected chi connectivity index (χ3v) is 12.5. The molecule has 1 spiro atoms. The fourth-order valence-electron chi connectivity index (χ4n) is 10.1. The molecule has 1 aliphatic carbocycles. The minimum absolute atomic E-state index is 0.712. The largest absolute Gasteiger partial charge is 0.457 e. The normalized spacial score (nSPS) is 13.4. The molecule has 5 heteroatoms. The van der Waals surface area contributed by atoms with Gasteiger partial charge in [-0.1, -0.05) is 103 Å². The first-order valence-corrected chi connectivity index (χ1v) is 19.7. The monoisotopic (exact) mass is 740 g/mol. The lowest BCUT2D eigenvalue weighted by Crippen LogP contribution is -2.32. The Labute approximate surface area is 333 Å². The van der Waals surface area contributed by atoms with Crippen molar-refractivity contribution in [2.24, 2.45) is 0 Å². The van der Waals surface area contributed by atoms with Crippen LogP contribution in [0.3, 0.4) is 0 Å². The van der Waals surface area contributed by atoms with Crippen molar-refractivity contribution >= 4 is 43.6 Å². The molecule has 0 saturated heterocycles. The maximum atomic E-state index is 7.07. The van der Waals surface area contributed by atoms with E-state index in [1.54, 1.807) is 0 Å². The Kier molecular flexibility index (Phi) is 6.31. The SMILES string of the molecule is c1ccc(-n2c3ccccc3c3cc(-c4ccc5c(c4)Oc4ccc(-n6c7ccccc7c7ccccc76)cc4C54c5cccnc5-c5ncccc54)ccc32)cc1. The van der Waals surface area contributed by atoms with Crippen molar-refractivity contribution in [2.75, 3.05) is 0 Å². The molecule has 0 fully saturated rings. The van der Waals surface area contributed by atoms with Gasteiger partial charge >= 0.3 is 0 Å². The van der Waals surface area contributed by atoms with Crippen LogP contribution in [-0.4, -0.2) is 19.1 Å². The van der Waals surface area contributed by atoms with Crippen LogP contribution in [0.25, 0.3) is 77.5 Å². The Balaban J connectivity index is 1.04. The highest BCUT2D eigenvalue weighted by Crippen LogP contribution is 2.62. The number of pyridine rings is 2. The summed E-state index contributed by atoms with van der Waals surface area (Å²) in [7, 11) is 0. The fraction of sp³-hybridized carbons (Fsp3) is 0.0189. The number of hydrogen-bond acceptors (Lipinski definition) is 3. The molecule has 7 aromatic carbocycles. The average molecular weight is 741 g/mol. The Morgan fingerprint density at radius 1 is 0.362 bits per heavy atom. The van der Waals surface area contributed by atoms with Crippen LogP contribution in [0, 0.1) is 0 Å². The lowest BCUT2D eigenvalue weighted by Gasteiger charge is -2.39. The van der Waals surface area contributed by atoms with E-state index in [-0.39, 0.29) is 0 Å². The van der Waals surface area contributed by atoms with Crippen LogP contribution in [0.2, 0.25) is 0 Å². The minimum atomic E-state index is -0.712. The van der Waals surface area contributed by atoms with E-state index in [1.165, 1.54) is 43.6 Å². The predicted molar refractivity (Wildman–Crippen MR) is 234 cm³/mol. The molecule has 4 aromatic heterocycles. The summed E-state index contributed by atoms with van der Waals surface area (Å²) in [5.41, 5.74) is 14.6.